The Hall–Kier alpha value is -2.69. The molecular weight excluding hydrogens is 330 g/mol. The second kappa shape index (κ2) is 9.13. The van der Waals surface area contributed by atoms with Crippen LogP contribution in [0.3, 0.4) is 0 Å². The van der Waals surface area contributed by atoms with Crippen LogP contribution in [0.15, 0.2) is 36.4 Å². The molecule has 2 aromatic rings. The van der Waals surface area contributed by atoms with Crippen LogP contribution < -0.4 is 19.5 Å². The van der Waals surface area contributed by atoms with Crippen molar-refractivity contribution in [2.24, 2.45) is 0 Å². The summed E-state index contributed by atoms with van der Waals surface area (Å²) in [5, 5.41) is 2.88. The second-order valence-corrected chi connectivity index (χ2v) is 6.45. The van der Waals surface area contributed by atoms with E-state index in [0.717, 1.165) is 33.9 Å². The van der Waals surface area contributed by atoms with E-state index < -0.39 is 0 Å². The summed E-state index contributed by atoms with van der Waals surface area (Å²) in [6.07, 6.45) is 0. The fourth-order valence-corrected chi connectivity index (χ4v) is 2.55. The minimum absolute atomic E-state index is 0.0173. The molecule has 0 aliphatic rings. The van der Waals surface area contributed by atoms with Crippen LogP contribution in [0, 0.1) is 20.8 Å². The summed E-state index contributed by atoms with van der Waals surface area (Å²) in [5.74, 6) is 2.08. The number of carbonyl (C=O) groups is 1. The van der Waals surface area contributed by atoms with Gasteiger partial charge in [-0.1, -0.05) is 6.07 Å². The molecule has 26 heavy (non-hydrogen) atoms. The average Bonchev–Trinajstić information content (AvgIpc) is 2.62. The third kappa shape index (κ3) is 5.69. The van der Waals surface area contributed by atoms with Crippen LogP contribution >= 0.6 is 0 Å². The van der Waals surface area contributed by atoms with Crippen LogP contribution in [0.2, 0.25) is 0 Å². The highest BCUT2D eigenvalue weighted by Gasteiger charge is 2.11. The molecule has 2 rings (SSSR count). The lowest BCUT2D eigenvalue weighted by Gasteiger charge is -2.16. The van der Waals surface area contributed by atoms with Crippen molar-refractivity contribution in [3.8, 4) is 17.2 Å². The molecule has 0 aliphatic heterocycles. The van der Waals surface area contributed by atoms with E-state index in [1.165, 1.54) is 0 Å². The van der Waals surface area contributed by atoms with Crippen LogP contribution in [0.4, 0.5) is 0 Å². The number of methoxy groups -OCH3 is 1. The predicted octanol–water partition coefficient (Wildman–Crippen LogP) is 3.58. The zero-order valence-corrected chi connectivity index (χ0v) is 16.1. The van der Waals surface area contributed by atoms with Crippen molar-refractivity contribution in [2.45, 2.75) is 33.7 Å². The first-order valence-corrected chi connectivity index (χ1v) is 8.66. The molecule has 5 nitrogen and oxygen atoms in total. The van der Waals surface area contributed by atoms with E-state index in [-0.39, 0.29) is 18.6 Å². The molecule has 0 aromatic heterocycles. The molecule has 0 heterocycles. The average molecular weight is 357 g/mol. The largest absolute Gasteiger partial charge is 0.497 e. The lowest BCUT2D eigenvalue weighted by Crippen LogP contribution is -2.39. The molecule has 0 saturated heterocycles. The Morgan fingerprint density at radius 1 is 1.04 bits per heavy atom. The van der Waals surface area contributed by atoms with E-state index in [0.29, 0.717) is 6.61 Å². The van der Waals surface area contributed by atoms with Gasteiger partial charge in [0.05, 0.1) is 13.2 Å². The maximum atomic E-state index is 12.1. The lowest BCUT2D eigenvalue weighted by molar-refractivity contribution is -0.123. The molecule has 0 radical (unpaired) electrons. The molecule has 1 atom stereocenters. The number of carbonyl (C=O) groups excluding carboxylic acids is 1. The summed E-state index contributed by atoms with van der Waals surface area (Å²) in [5.41, 5.74) is 3.32. The van der Waals surface area contributed by atoms with Crippen LogP contribution in [0.5, 0.6) is 17.2 Å². The molecule has 1 unspecified atom stereocenters. The first-order chi connectivity index (χ1) is 12.4. The highest BCUT2D eigenvalue weighted by molar-refractivity contribution is 5.77. The number of hydrogen-bond acceptors (Lipinski definition) is 4. The summed E-state index contributed by atoms with van der Waals surface area (Å²) in [4.78, 5) is 12.1. The van der Waals surface area contributed by atoms with Crippen LogP contribution in [0.1, 0.15) is 23.6 Å². The zero-order chi connectivity index (χ0) is 19.1. The molecular formula is C21H27NO4. The first-order valence-electron chi connectivity index (χ1n) is 8.66. The van der Waals surface area contributed by atoms with Crippen molar-refractivity contribution < 1.29 is 19.0 Å². The van der Waals surface area contributed by atoms with Gasteiger partial charge < -0.3 is 19.5 Å². The van der Waals surface area contributed by atoms with Crippen molar-refractivity contribution in [3.05, 3.63) is 53.1 Å². The van der Waals surface area contributed by atoms with Crippen molar-refractivity contribution in [1.29, 1.82) is 0 Å². The Labute approximate surface area is 155 Å². The zero-order valence-electron chi connectivity index (χ0n) is 16.1. The Balaban J connectivity index is 1.78. The van der Waals surface area contributed by atoms with Gasteiger partial charge >= 0.3 is 0 Å². The van der Waals surface area contributed by atoms with E-state index in [4.69, 9.17) is 14.2 Å². The summed E-state index contributed by atoms with van der Waals surface area (Å²) in [6.45, 7) is 8.29. The van der Waals surface area contributed by atoms with Gasteiger partial charge in [-0.25, -0.2) is 0 Å². The third-order valence-corrected chi connectivity index (χ3v) is 4.09. The van der Waals surface area contributed by atoms with Gasteiger partial charge in [-0.15, -0.1) is 0 Å². The summed E-state index contributed by atoms with van der Waals surface area (Å²) < 4.78 is 16.5. The standard InChI is InChI=1S/C21H27NO4/c1-14-10-15(2)17(4)20(11-14)26-13-21(23)22-16(3)12-25-19-8-6-18(24-5)7-9-19/h6-11,16H,12-13H2,1-5H3,(H,22,23). The third-order valence-electron chi connectivity index (χ3n) is 4.09. The number of nitrogens with one attached hydrogen (secondary N) is 1. The minimum Gasteiger partial charge on any atom is -0.497 e. The number of ether oxygens (including phenoxy) is 3. The van der Waals surface area contributed by atoms with Crippen molar-refractivity contribution in [1.82, 2.24) is 5.32 Å². The maximum Gasteiger partial charge on any atom is 0.258 e. The fraction of sp³-hybridized carbons (Fsp3) is 0.381. The van der Waals surface area contributed by atoms with Gasteiger partial charge in [0.1, 0.15) is 23.9 Å². The van der Waals surface area contributed by atoms with Gasteiger partial charge in [0.25, 0.3) is 5.91 Å². The number of aryl methyl sites for hydroxylation is 2. The van der Waals surface area contributed by atoms with Crippen LogP contribution in [0.25, 0.3) is 0 Å². The Morgan fingerprint density at radius 3 is 2.35 bits per heavy atom. The normalized spacial score (nSPS) is 11.6. The highest BCUT2D eigenvalue weighted by Crippen LogP contribution is 2.23. The predicted molar refractivity (Wildman–Crippen MR) is 102 cm³/mol. The van der Waals surface area contributed by atoms with E-state index in [9.17, 15) is 4.79 Å². The number of benzene rings is 2. The molecule has 1 amide bonds. The quantitative estimate of drug-likeness (QED) is 0.784. The van der Waals surface area contributed by atoms with Gasteiger partial charge in [-0.05, 0) is 74.7 Å². The maximum absolute atomic E-state index is 12.1. The van der Waals surface area contributed by atoms with Gasteiger partial charge in [-0.3, -0.25) is 4.79 Å². The summed E-state index contributed by atoms with van der Waals surface area (Å²) >= 11 is 0. The Bertz CT molecular complexity index is 740. The SMILES string of the molecule is COc1ccc(OCC(C)NC(=O)COc2cc(C)cc(C)c2C)cc1. The van der Waals surface area contributed by atoms with Crippen LogP contribution in [-0.4, -0.2) is 32.3 Å². The minimum atomic E-state index is -0.172. The molecule has 5 heteroatoms. The van der Waals surface area contributed by atoms with Crippen molar-refractivity contribution in [2.75, 3.05) is 20.3 Å². The summed E-state index contributed by atoms with van der Waals surface area (Å²) in [7, 11) is 1.62. The van der Waals surface area contributed by atoms with Gasteiger partial charge in [0, 0.05) is 0 Å². The molecule has 140 valence electrons. The van der Waals surface area contributed by atoms with E-state index in [2.05, 4.69) is 11.4 Å². The van der Waals surface area contributed by atoms with Crippen LogP contribution in [-0.2, 0) is 4.79 Å². The first kappa shape index (κ1) is 19.6. The molecule has 0 spiro atoms. The molecule has 2 aromatic carbocycles. The number of amides is 1. The smallest absolute Gasteiger partial charge is 0.258 e. The Morgan fingerprint density at radius 2 is 1.69 bits per heavy atom. The van der Waals surface area contributed by atoms with E-state index in [1.54, 1.807) is 7.11 Å². The van der Waals surface area contributed by atoms with Gasteiger partial charge in [0.15, 0.2) is 6.61 Å². The summed E-state index contributed by atoms with van der Waals surface area (Å²) in [6, 6.07) is 11.2. The Kier molecular flexibility index (Phi) is 6.89. The highest BCUT2D eigenvalue weighted by atomic mass is 16.5. The molecule has 1 N–H and O–H groups in total. The number of rotatable bonds is 8. The van der Waals surface area contributed by atoms with Gasteiger partial charge in [0.2, 0.25) is 0 Å². The monoisotopic (exact) mass is 357 g/mol. The van der Waals surface area contributed by atoms with Crippen molar-refractivity contribution >= 4 is 5.91 Å². The van der Waals surface area contributed by atoms with E-state index >= 15 is 0 Å². The topological polar surface area (TPSA) is 56.8 Å². The van der Waals surface area contributed by atoms with Crippen molar-refractivity contribution in [3.63, 3.8) is 0 Å². The molecule has 0 saturated carbocycles. The second-order valence-electron chi connectivity index (χ2n) is 6.45. The fourth-order valence-electron chi connectivity index (χ4n) is 2.55. The van der Waals surface area contributed by atoms with E-state index in [1.807, 2.05) is 58.0 Å². The lowest BCUT2D eigenvalue weighted by atomic mass is 10.1. The molecule has 0 aliphatic carbocycles. The number of hydrogen-bond donors (Lipinski definition) is 1. The van der Waals surface area contributed by atoms with Gasteiger partial charge in [-0.2, -0.15) is 0 Å². The molecule has 0 fully saturated rings. The molecule has 0 bridgehead atoms.